The summed E-state index contributed by atoms with van der Waals surface area (Å²) in [4.78, 5) is 9.78. The van der Waals surface area contributed by atoms with Crippen molar-refractivity contribution in [2.75, 3.05) is 0 Å². The number of rotatable bonds is 1. The van der Waals surface area contributed by atoms with Crippen LogP contribution in [0.2, 0.25) is 0 Å². The molecule has 0 aliphatic heterocycles. The van der Waals surface area contributed by atoms with Crippen LogP contribution in [0.25, 0.3) is 0 Å². The maximum absolute atomic E-state index is 12.7. The minimum atomic E-state index is -0.583. The fraction of sp³-hybridized carbons (Fsp3) is 0.143. The van der Waals surface area contributed by atoms with E-state index in [2.05, 4.69) is 0 Å². The van der Waals surface area contributed by atoms with Gasteiger partial charge in [-0.2, -0.15) is 0 Å². The van der Waals surface area contributed by atoms with Gasteiger partial charge in [-0.3, -0.25) is 10.1 Å². The molecule has 0 aliphatic rings. The summed E-state index contributed by atoms with van der Waals surface area (Å²) in [7, 11) is 0. The van der Waals surface area contributed by atoms with Crippen molar-refractivity contribution in [1.82, 2.24) is 0 Å². The highest BCUT2D eigenvalue weighted by Gasteiger charge is 2.14. The number of halogens is 2. The predicted molar refractivity (Wildman–Crippen MR) is 50.5 cm³/mol. The molecule has 12 heavy (non-hydrogen) atoms. The third kappa shape index (κ3) is 1.71. The Labute approximate surface area is 81.9 Å². The Balaban J connectivity index is 3.37. The number of benzene rings is 1. The second-order valence-electron chi connectivity index (χ2n) is 2.29. The van der Waals surface area contributed by atoms with Gasteiger partial charge in [-0.1, -0.05) is 0 Å². The summed E-state index contributed by atoms with van der Waals surface area (Å²) in [5, 5.41) is 10.4. The van der Waals surface area contributed by atoms with E-state index in [0.717, 1.165) is 6.07 Å². The summed E-state index contributed by atoms with van der Waals surface area (Å²) < 4.78 is 13.2. The van der Waals surface area contributed by atoms with Crippen LogP contribution >= 0.6 is 22.6 Å². The molecule has 0 spiro atoms. The maximum atomic E-state index is 12.7. The van der Waals surface area contributed by atoms with Crippen molar-refractivity contribution in [2.24, 2.45) is 0 Å². The Morgan fingerprint density at radius 1 is 1.58 bits per heavy atom. The highest BCUT2D eigenvalue weighted by atomic mass is 127. The van der Waals surface area contributed by atoms with Gasteiger partial charge < -0.3 is 0 Å². The van der Waals surface area contributed by atoms with E-state index in [1.165, 1.54) is 6.07 Å². The summed E-state index contributed by atoms with van der Waals surface area (Å²) in [6.07, 6.45) is 0. The van der Waals surface area contributed by atoms with Crippen molar-refractivity contribution in [1.29, 1.82) is 0 Å². The lowest BCUT2D eigenvalue weighted by atomic mass is 10.2. The molecule has 0 saturated heterocycles. The Kier molecular flexibility index (Phi) is 2.61. The van der Waals surface area contributed by atoms with Crippen molar-refractivity contribution in [2.45, 2.75) is 6.92 Å². The van der Waals surface area contributed by atoms with Crippen molar-refractivity contribution >= 4 is 28.3 Å². The molecule has 5 heteroatoms. The second kappa shape index (κ2) is 3.34. The Hall–Kier alpha value is -0.720. The molecule has 1 aromatic rings. The number of hydrogen-bond acceptors (Lipinski definition) is 2. The lowest BCUT2D eigenvalue weighted by Gasteiger charge is -1.99. The molecule has 0 aliphatic carbocycles. The van der Waals surface area contributed by atoms with E-state index in [9.17, 15) is 14.5 Å². The Morgan fingerprint density at radius 3 is 2.67 bits per heavy atom. The number of nitro groups is 1. The molecule has 0 bridgehead atoms. The molecular weight excluding hydrogens is 276 g/mol. The maximum Gasteiger partial charge on any atom is 0.276 e. The molecule has 0 saturated carbocycles. The van der Waals surface area contributed by atoms with Crippen molar-refractivity contribution in [3.05, 3.63) is 37.2 Å². The number of nitrogens with zero attached hydrogens (tertiary/aromatic N) is 1. The van der Waals surface area contributed by atoms with Crippen LogP contribution in [0, 0.1) is 26.4 Å². The van der Waals surface area contributed by atoms with Crippen LogP contribution in [-0.2, 0) is 0 Å². The van der Waals surface area contributed by atoms with Crippen molar-refractivity contribution < 1.29 is 9.31 Å². The zero-order valence-corrected chi connectivity index (χ0v) is 8.33. The molecule has 0 amide bonds. The SMILES string of the molecule is Cc1c(I)cc(F)cc1[N+](=O)[O-]. The number of hydrogen-bond donors (Lipinski definition) is 0. The lowest BCUT2D eigenvalue weighted by Crippen LogP contribution is -1.94. The molecule has 3 nitrogen and oxygen atoms in total. The molecule has 0 N–H and O–H groups in total. The van der Waals surface area contributed by atoms with E-state index in [1.54, 1.807) is 6.92 Å². The molecule has 64 valence electrons. The summed E-state index contributed by atoms with van der Waals surface area (Å²) in [5.41, 5.74) is 0.335. The quantitative estimate of drug-likeness (QED) is 0.451. The van der Waals surface area contributed by atoms with Gasteiger partial charge >= 0.3 is 0 Å². The van der Waals surface area contributed by atoms with E-state index >= 15 is 0 Å². The van der Waals surface area contributed by atoms with Gasteiger partial charge in [0, 0.05) is 9.13 Å². The predicted octanol–water partition coefficient (Wildman–Crippen LogP) is 2.65. The van der Waals surface area contributed by atoms with Crippen molar-refractivity contribution in [3.8, 4) is 0 Å². The van der Waals surface area contributed by atoms with Gasteiger partial charge in [-0.15, -0.1) is 0 Å². The highest BCUT2D eigenvalue weighted by molar-refractivity contribution is 14.1. The van der Waals surface area contributed by atoms with Gasteiger partial charge in [0.25, 0.3) is 5.69 Å². The molecule has 0 radical (unpaired) electrons. The zero-order valence-electron chi connectivity index (χ0n) is 6.17. The van der Waals surface area contributed by atoms with E-state index in [1.807, 2.05) is 22.6 Å². The normalized spacial score (nSPS) is 9.92. The van der Waals surface area contributed by atoms with Crippen LogP contribution < -0.4 is 0 Å². The first kappa shape index (κ1) is 9.37. The van der Waals surface area contributed by atoms with Crippen LogP contribution in [0.4, 0.5) is 10.1 Å². The summed E-state index contributed by atoms with van der Waals surface area (Å²) in [6, 6.07) is 2.19. The Morgan fingerprint density at radius 2 is 2.17 bits per heavy atom. The topological polar surface area (TPSA) is 43.1 Å². The zero-order chi connectivity index (χ0) is 9.30. The van der Waals surface area contributed by atoms with Gasteiger partial charge in [0.2, 0.25) is 0 Å². The molecule has 0 aromatic heterocycles. The highest BCUT2D eigenvalue weighted by Crippen LogP contribution is 2.23. The van der Waals surface area contributed by atoms with Gasteiger partial charge in [-0.05, 0) is 35.6 Å². The Bertz CT molecular complexity index is 340. The second-order valence-corrected chi connectivity index (χ2v) is 3.45. The minimum Gasteiger partial charge on any atom is -0.258 e. The largest absolute Gasteiger partial charge is 0.276 e. The molecule has 0 atom stereocenters. The standard InChI is InChI=1S/C7H5FINO2/c1-4-6(9)2-5(8)3-7(4)10(11)12/h2-3H,1H3. The van der Waals surface area contributed by atoms with Crippen molar-refractivity contribution in [3.63, 3.8) is 0 Å². The van der Waals surface area contributed by atoms with E-state index in [0.29, 0.717) is 9.13 Å². The van der Waals surface area contributed by atoms with E-state index < -0.39 is 10.7 Å². The summed E-state index contributed by atoms with van der Waals surface area (Å²) in [6.45, 7) is 1.60. The van der Waals surface area contributed by atoms with Crippen LogP contribution in [-0.4, -0.2) is 4.92 Å². The van der Waals surface area contributed by atoms with Crippen LogP contribution in [0.5, 0.6) is 0 Å². The van der Waals surface area contributed by atoms with Crippen LogP contribution in [0.1, 0.15) is 5.56 Å². The molecule has 1 rings (SSSR count). The molecule has 0 unspecified atom stereocenters. The van der Waals surface area contributed by atoms with Gasteiger partial charge in [0.15, 0.2) is 0 Å². The van der Waals surface area contributed by atoms with Crippen LogP contribution in [0.3, 0.4) is 0 Å². The number of nitro benzene ring substituents is 1. The van der Waals surface area contributed by atoms with Gasteiger partial charge in [0.1, 0.15) is 5.82 Å². The smallest absolute Gasteiger partial charge is 0.258 e. The first-order valence-electron chi connectivity index (χ1n) is 3.12. The lowest BCUT2D eigenvalue weighted by molar-refractivity contribution is -0.385. The van der Waals surface area contributed by atoms with E-state index in [-0.39, 0.29) is 5.69 Å². The molecule has 0 fully saturated rings. The molecular formula is C7H5FINO2. The van der Waals surface area contributed by atoms with Crippen LogP contribution in [0.15, 0.2) is 12.1 Å². The van der Waals surface area contributed by atoms with E-state index in [4.69, 9.17) is 0 Å². The average molecular weight is 281 g/mol. The minimum absolute atomic E-state index is 0.167. The summed E-state index contributed by atoms with van der Waals surface area (Å²) in [5.74, 6) is -0.572. The third-order valence-corrected chi connectivity index (χ3v) is 2.60. The fourth-order valence-electron chi connectivity index (χ4n) is 0.822. The first-order chi connectivity index (χ1) is 5.52. The fourth-order valence-corrected chi connectivity index (χ4v) is 1.40. The monoisotopic (exact) mass is 281 g/mol. The summed E-state index contributed by atoms with van der Waals surface area (Å²) >= 11 is 1.86. The third-order valence-electron chi connectivity index (χ3n) is 1.48. The van der Waals surface area contributed by atoms with Gasteiger partial charge in [0.05, 0.1) is 11.0 Å². The van der Waals surface area contributed by atoms with Gasteiger partial charge in [-0.25, -0.2) is 4.39 Å². The average Bonchev–Trinajstić information content (AvgIpc) is 1.96. The first-order valence-corrected chi connectivity index (χ1v) is 4.20. The molecule has 1 aromatic carbocycles. The molecule has 0 heterocycles.